The highest BCUT2D eigenvalue weighted by atomic mass is 14.9. The molecule has 562 valence electrons. The Kier molecular flexibility index (Phi) is 21.0. The first-order valence-electron chi connectivity index (χ1n) is 42.8. The van der Waals surface area contributed by atoms with Gasteiger partial charge in [0.1, 0.15) is 28.2 Å². The van der Waals surface area contributed by atoms with Gasteiger partial charge in [-0.2, -0.15) is 0 Å². The molecular weight excluding hydrogens is 1340 g/mol. The number of aromatic nitrogens is 4. The van der Waals surface area contributed by atoms with Crippen molar-refractivity contribution < 1.29 is 18.3 Å². The molecular formula is C107H118N4+4. The first-order valence-corrected chi connectivity index (χ1v) is 42.8. The summed E-state index contributed by atoms with van der Waals surface area (Å²) in [6.07, 6.45) is 46.6. The summed E-state index contributed by atoms with van der Waals surface area (Å²) in [6.45, 7) is 8.74. The quantitative estimate of drug-likeness (QED) is 0.135. The first kappa shape index (κ1) is 74.1. The number of hydrogen-bond donors (Lipinski definition) is 0. The van der Waals surface area contributed by atoms with Gasteiger partial charge < -0.3 is 0 Å². The van der Waals surface area contributed by atoms with Crippen LogP contribution in [0.5, 0.6) is 0 Å². The average Bonchev–Trinajstić information content (AvgIpc) is 1.59. The number of aryl methyl sites for hydroxylation is 11. The largest absolute Gasteiger partial charge is 0.212 e. The smallest absolute Gasteiger partial charge is 0.200 e. The zero-order valence-corrected chi connectivity index (χ0v) is 68.0. The van der Waals surface area contributed by atoms with E-state index in [0.29, 0.717) is 21.7 Å². The summed E-state index contributed by atoms with van der Waals surface area (Å²) in [7, 11) is 8.66. The van der Waals surface area contributed by atoms with E-state index < -0.39 is 0 Å². The Balaban J connectivity index is 0.000000108. The molecule has 8 aliphatic rings. The fourth-order valence-corrected chi connectivity index (χ4v) is 22.3. The third-order valence-corrected chi connectivity index (χ3v) is 28.7. The molecule has 8 aromatic carbocycles. The normalized spacial score (nSPS) is 17.6. The lowest BCUT2D eigenvalue weighted by atomic mass is 9.64. The first-order chi connectivity index (χ1) is 54.1. The molecule has 4 spiro atoms. The van der Waals surface area contributed by atoms with Crippen LogP contribution in [0.4, 0.5) is 0 Å². The van der Waals surface area contributed by atoms with E-state index >= 15 is 0 Å². The zero-order valence-electron chi connectivity index (χ0n) is 68.0. The van der Waals surface area contributed by atoms with Gasteiger partial charge in [0, 0.05) is 68.8 Å². The lowest BCUT2D eigenvalue weighted by Crippen LogP contribution is -2.31. The van der Waals surface area contributed by atoms with E-state index in [4.69, 9.17) is 0 Å². The van der Waals surface area contributed by atoms with E-state index in [0.717, 1.165) is 0 Å². The number of rotatable bonds is 8. The standard InChI is InChI=1S/C28H32N.C27H30N.2C26H28N/c1-21-8-4-5-9-26(21)27-13-12-25(20-29(27)2)22-10-11-24-19-28(15-6-3-7-16-28)17-14-23(24)18-22;1-20-7-3-4-8-25(20)26-12-11-24(19-28(26)2)21-9-10-23-18-27(14-5-6-15-27)16-13-22(23)17-21;1-19-8-3-4-10-22(19)25-13-12-21(18-27(25)2)23-11-7-9-20-16-26(17-24(20)23)14-5-6-15-26;1-19-7-3-4-8-23(19)25-12-11-22(18-27(25)2)21-10-9-20-13-16-26(24(20)17-21)14-5-6-15-26/h4-5,8-13,18,20H,3,6-7,14-17,19H2,1-2H3;3-4,7-12,17,19H,5-6,13-16,18H2,1-2H3;3-4,7-13,18H,5-6,14-17H2,1-2H3;3-4,7-12,17-18H,5-6,13-16H2,1-2H3/q4*+1. The van der Waals surface area contributed by atoms with Gasteiger partial charge in [-0.1, -0.05) is 203 Å². The number of hydrogen-bond acceptors (Lipinski definition) is 0. The van der Waals surface area contributed by atoms with Crippen LogP contribution in [0.3, 0.4) is 0 Å². The minimum absolute atomic E-state index is 0.495. The summed E-state index contributed by atoms with van der Waals surface area (Å²) in [5.41, 5.74) is 41.6. The molecule has 0 aliphatic heterocycles. The fraction of sp³-hybridized carbons (Fsp3) is 0.364. The monoisotopic (exact) mass is 1460 g/mol. The minimum atomic E-state index is 0.495. The predicted molar refractivity (Wildman–Crippen MR) is 460 cm³/mol. The second-order valence-electron chi connectivity index (χ2n) is 35.9. The van der Waals surface area contributed by atoms with Crippen LogP contribution in [-0.2, 0) is 78.6 Å². The van der Waals surface area contributed by atoms with Crippen molar-refractivity contribution in [2.75, 3.05) is 0 Å². The Bertz CT molecular complexity index is 5430. The molecule has 0 N–H and O–H groups in total. The van der Waals surface area contributed by atoms with Crippen molar-refractivity contribution in [3.8, 4) is 89.5 Å². The van der Waals surface area contributed by atoms with Crippen LogP contribution in [0.2, 0.25) is 0 Å². The maximum atomic E-state index is 2.51. The highest BCUT2D eigenvalue weighted by Gasteiger charge is 2.43. The van der Waals surface area contributed by atoms with E-state index in [9.17, 15) is 0 Å². The predicted octanol–water partition coefficient (Wildman–Crippen LogP) is 24.5. The van der Waals surface area contributed by atoms with Crippen molar-refractivity contribution in [2.45, 2.75) is 206 Å². The van der Waals surface area contributed by atoms with Crippen LogP contribution in [0, 0.1) is 43.9 Å². The van der Waals surface area contributed by atoms with E-state index in [2.05, 4.69) is 317 Å². The van der Waals surface area contributed by atoms with Crippen LogP contribution in [0.15, 0.2) is 243 Å². The van der Waals surface area contributed by atoms with Gasteiger partial charge in [-0.05, 0) is 302 Å². The summed E-state index contributed by atoms with van der Waals surface area (Å²) in [6, 6.07) is 81.5. The summed E-state index contributed by atoms with van der Waals surface area (Å²) in [5, 5.41) is 0. The van der Waals surface area contributed by atoms with E-state index in [1.54, 1.807) is 44.5 Å². The molecule has 0 saturated heterocycles. The van der Waals surface area contributed by atoms with Gasteiger partial charge >= 0.3 is 0 Å². The van der Waals surface area contributed by atoms with Crippen molar-refractivity contribution in [1.82, 2.24) is 0 Å². The second-order valence-corrected chi connectivity index (χ2v) is 35.9. The lowest BCUT2D eigenvalue weighted by Gasteiger charge is -2.41. The highest BCUT2D eigenvalue weighted by molar-refractivity contribution is 5.73. The summed E-state index contributed by atoms with van der Waals surface area (Å²) in [5.74, 6) is 0. The maximum absolute atomic E-state index is 2.51. The molecule has 4 heterocycles. The zero-order chi connectivity index (χ0) is 75.9. The third kappa shape index (κ3) is 15.2. The summed E-state index contributed by atoms with van der Waals surface area (Å²) < 4.78 is 9.10. The lowest BCUT2D eigenvalue weighted by molar-refractivity contribution is -0.660. The number of nitrogens with zero attached hydrogens (tertiary/aromatic N) is 4. The summed E-state index contributed by atoms with van der Waals surface area (Å²) in [4.78, 5) is 0. The Hall–Kier alpha value is -9.64. The molecule has 0 amide bonds. The maximum Gasteiger partial charge on any atom is 0.212 e. The molecule has 111 heavy (non-hydrogen) atoms. The van der Waals surface area contributed by atoms with Gasteiger partial charge in [0.25, 0.3) is 0 Å². The minimum Gasteiger partial charge on any atom is -0.200 e. The van der Waals surface area contributed by atoms with Crippen molar-refractivity contribution in [1.29, 1.82) is 0 Å². The molecule has 4 saturated carbocycles. The topological polar surface area (TPSA) is 15.5 Å². The molecule has 0 radical (unpaired) electrons. The van der Waals surface area contributed by atoms with E-state index in [-0.39, 0.29) is 0 Å². The molecule has 20 rings (SSSR count). The number of pyridine rings is 4. The Morgan fingerprint density at radius 3 is 0.991 bits per heavy atom. The van der Waals surface area contributed by atoms with Gasteiger partial charge in [-0.3, -0.25) is 0 Å². The van der Waals surface area contributed by atoms with Crippen LogP contribution in [0.1, 0.15) is 195 Å². The van der Waals surface area contributed by atoms with E-state index in [1.807, 2.05) is 0 Å². The fourth-order valence-electron chi connectivity index (χ4n) is 22.3. The van der Waals surface area contributed by atoms with Crippen molar-refractivity contribution in [3.05, 3.63) is 310 Å². The van der Waals surface area contributed by atoms with Crippen LogP contribution >= 0.6 is 0 Å². The van der Waals surface area contributed by atoms with Gasteiger partial charge in [-0.25, -0.2) is 18.3 Å². The molecule has 0 unspecified atom stereocenters. The van der Waals surface area contributed by atoms with Crippen molar-refractivity contribution >= 4 is 0 Å². The van der Waals surface area contributed by atoms with E-state index in [1.165, 1.54) is 285 Å². The van der Waals surface area contributed by atoms with Gasteiger partial charge in [-0.15, -0.1) is 0 Å². The molecule has 8 aliphatic carbocycles. The average molecular weight is 1460 g/mol. The molecule has 4 nitrogen and oxygen atoms in total. The van der Waals surface area contributed by atoms with Crippen LogP contribution < -0.4 is 18.3 Å². The van der Waals surface area contributed by atoms with Gasteiger partial charge in [0.15, 0.2) is 24.8 Å². The summed E-state index contributed by atoms with van der Waals surface area (Å²) >= 11 is 0. The molecule has 4 heteroatoms. The Labute approximate surface area is 664 Å². The molecule has 4 fully saturated rings. The van der Waals surface area contributed by atoms with Crippen molar-refractivity contribution in [2.24, 2.45) is 44.4 Å². The number of fused-ring (bicyclic) bond motifs is 5. The van der Waals surface area contributed by atoms with Gasteiger partial charge in [0.05, 0.1) is 0 Å². The highest BCUT2D eigenvalue weighted by Crippen LogP contribution is 2.54. The second kappa shape index (κ2) is 31.5. The molecule has 4 aromatic heterocycles. The third-order valence-electron chi connectivity index (χ3n) is 28.7. The van der Waals surface area contributed by atoms with Gasteiger partial charge in [0.2, 0.25) is 22.8 Å². The molecule has 12 aromatic rings. The number of benzene rings is 8. The Morgan fingerprint density at radius 1 is 0.234 bits per heavy atom. The van der Waals surface area contributed by atoms with Crippen molar-refractivity contribution in [3.63, 3.8) is 0 Å². The SMILES string of the molecule is Cc1ccccc1-c1ccc(-c2ccc3c(c2)C2(CCCC2)CC3)c[n+]1C.Cc1ccccc1-c1ccc(-c2ccc3c(c2)CCC2(CCCC2)C3)c[n+]1C.Cc1ccccc1-c1ccc(-c2ccc3c(c2)CCC2(CCCCC2)C3)c[n+]1C.Cc1ccccc1-c1ccc(-c2cccc3c2CC2(CCCC2)C3)c[n+]1C. The molecule has 0 bridgehead atoms. The van der Waals surface area contributed by atoms with Crippen LogP contribution in [0.25, 0.3) is 89.5 Å². The molecule has 0 atom stereocenters. The van der Waals surface area contributed by atoms with Crippen LogP contribution in [-0.4, -0.2) is 0 Å². The Morgan fingerprint density at radius 2 is 0.568 bits per heavy atom.